The van der Waals surface area contributed by atoms with Crippen molar-refractivity contribution < 1.29 is 19.2 Å². The summed E-state index contributed by atoms with van der Waals surface area (Å²) >= 11 is 0. The molecular weight excluding hydrogens is 257 g/mol. The molecule has 0 aromatic heterocycles. The molecule has 0 amide bonds. The van der Waals surface area contributed by atoms with E-state index < -0.39 is 0 Å². The molecule has 0 fully saturated rings. The van der Waals surface area contributed by atoms with Crippen molar-refractivity contribution in [2.75, 3.05) is 14.2 Å². The lowest BCUT2D eigenvalue weighted by Crippen LogP contribution is -2.80. The van der Waals surface area contributed by atoms with Gasteiger partial charge < -0.3 is 14.8 Å². The number of hydrogen-bond donors (Lipinski definition) is 1. The molecule has 0 saturated heterocycles. The average Bonchev–Trinajstić information content (AvgIpc) is 2.49. The molecule has 0 heterocycles. The molecule has 0 bridgehead atoms. The van der Waals surface area contributed by atoms with E-state index in [9.17, 15) is 4.39 Å². The third kappa shape index (κ3) is 3.48. The molecule has 2 N–H and O–H groups in total. The van der Waals surface area contributed by atoms with E-state index in [2.05, 4.69) is 5.32 Å². The van der Waals surface area contributed by atoms with Crippen molar-refractivity contribution in [3.8, 4) is 11.5 Å². The molecule has 2 aromatic carbocycles. The fourth-order valence-corrected chi connectivity index (χ4v) is 2.13. The predicted molar refractivity (Wildman–Crippen MR) is 75.3 cm³/mol. The molecule has 3 nitrogen and oxygen atoms in total. The second-order valence-corrected chi connectivity index (χ2v) is 4.48. The number of rotatable bonds is 6. The van der Waals surface area contributed by atoms with Crippen LogP contribution in [-0.4, -0.2) is 14.2 Å². The number of quaternary nitrogens is 1. The molecule has 4 heteroatoms. The summed E-state index contributed by atoms with van der Waals surface area (Å²) in [6, 6.07) is 12.4. The molecule has 0 saturated carbocycles. The second kappa shape index (κ2) is 6.91. The summed E-state index contributed by atoms with van der Waals surface area (Å²) < 4.78 is 23.5. The molecular formula is C16H19FNO2+. The first-order chi connectivity index (χ1) is 9.74. The Bertz CT molecular complexity index is 555. The van der Waals surface area contributed by atoms with Crippen molar-refractivity contribution in [3.05, 3.63) is 59.4 Å². The zero-order valence-corrected chi connectivity index (χ0v) is 11.7. The van der Waals surface area contributed by atoms with Gasteiger partial charge in [0.15, 0.2) is 11.5 Å². The quantitative estimate of drug-likeness (QED) is 0.877. The molecule has 0 aliphatic heterocycles. The normalized spacial score (nSPS) is 10.3. The van der Waals surface area contributed by atoms with E-state index in [1.165, 1.54) is 12.1 Å². The number of para-hydroxylation sites is 1. The summed E-state index contributed by atoms with van der Waals surface area (Å²) in [6.07, 6.45) is 0. The van der Waals surface area contributed by atoms with Gasteiger partial charge >= 0.3 is 0 Å². The van der Waals surface area contributed by atoms with Gasteiger partial charge in [0.2, 0.25) is 0 Å². The van der Waals surface area contributed by atoms with Crippen LogP contribution in [0.1, 0.15) is 11.1 Å². The highest BCUT2D eigenvalue weighted by Crippen LogP contribution is 2.29. The Morgan fingerprint density at radius 3 is 2.35 bits per heavy atom. The van der Waals surface area contributed by atoms with Crippen LogP contribution in [0, 0.1) is 5.82 Å². The molecule has 0 atom stereocenters. The van der Waals surface area contributed by atoms with Crippen LogP contribution in [0.15, 0.2) is 42.5 Å². The van der Waals surface area contributed by atoms with E-state index >= 15 is 0 Å². The molecule has 0 spiro atoms. The third-order valence-corrected chi connectivity index (χ3v) is 3.14. The lowest BCUT2D eigenvalue weighted by Gasteiger charge is -2.11. The Kier molecular flexibility index (Phi) is 4.96. The highest BCUT2D eigenvalue weighted by atomic mass is 19.1. The van der Waals surface area contributed by atoms with Crippen LogP contribution in [0.4, 0.5) is 4.39 Å². The van der Waals surface area contributed by atoms with E-state index in [-0.39, 0.29) is 5.82 Å². The Balaban J connectivity index is 1.98. The van der Waals surface area contributed by atoms with Crippen LogP contribution in [0.2, 0.25) is 0 Å². The minimum absolute atomic E-state index is 0.205. The Hall–Kier alpha value is -2.07. The standard InChI is InChI=1S/C16H18FNO2/c1-19-15-5-3-4-13(16(15)20-2)11-18-10-12-6-8-14(17)9-7-12/h3-9,18H,10-11H2,1-2H3/p+1. The van der Waals surface area contributed by atoms with Gasteiger partial charge in [-0.1, -0.05) is 18.2 Å². The van der Waals surface area contributed by atoms with E-state index in [0.717, 1.165) is 35.7 Å². The lowest BCUT2D eigenvalue weighted by molar-refractivity contribution is -0.686. The molecule has 2 rings (SSSR count). The van der Waals surface area contributed by atoms with E-state index in [0.29, 0.717) is 0 Å². The number of halogens is 1. The first-order valence-electron chi connectivity index (χ1n) is 6.50. The SMILES string of the molecule is COc1cccc(C[NH2+]Cc2ccc(F)cc2)c1OC. The van der Waals surface area contributed by atoms with Gasteiger partial charge in [0.1, 0.15) is 18.9 Å². The summed E-state index contributed by atoms with van der Waals surface area (Å²) in [5.41, 5.74) is 2.17. The summed E-state index contributed by atoms with van der Waals surface area (Å²) in [7, 11) is 3.27. The van der Waals surface area contributed by atoms with Crippen molar-refractivity contribution in [3.63, 3.8) is 0 Å². The fraction of sp³-hybridized carbons (Fsp3) is 0.250. The maximum atomic E-state index is 12.8. The molecule has 0 radical (unpaired) electrons. The molecule has 0 aliphatic rings. The summed E-state index contributed by atoms with van der Waals surface area (Å²) in [5.74, 6) is 1.30. The van der Waals surface area contributed by atoms with Crippen LogP contribution < -0.4 is 14.8 Å². The maximum absolute atomic E-state index is 12.8. The van der Waals surface area contributed by atoms with Crippen molar-refractivity contribution in [2.45, 2.75) is 13.1 Å². The number of methoxy groups -OCH3 is 2. The second-order valence-electron chi connectivity index (χ2n) is 4.48. The van der Waals surface area contributed by atoms with Gasteiger partial charge in [0.25, 0.3) is 0 Å². The van der Waals surface area contributed by atoms with Gasteiger partial charge in [0, 0.05) is 5.56 Å². The highest BCUT2D eigenvalue weighted by Gasteiger charge is 2.10. The largest absolute Gasteiger partial charge is 0.493 e. The highest BCUT2D eigenvalue weighted by molar-refractivity contribution is 5.46. The third-order valence-electron chi connectivity index (χ3n) is 3.14. The van der Waals surface area contributed by atoms with E-state index in [1.807, 2.05) is 18.2 Å². The van der Waals surface area contributed by atoms with Crippen LogP contribution >= 0.6 is 0 Å². The molecule has 2 aromatic rings. The van der Waals surface area contributed by atoms with Gasteiger partial charge in [-0.3, -0.25) is 0 Å². The van der Waals surface area contributed by atoms with Crippen molar-refractivity contribution in [1.29, 1.82) is 0 Å². The van der Waals surface area contributed by atoms with Crippen LogP contribution in [0.3, 0.4) is 0 Å². The van der Waals surface area contributed by atoms with Gasteiger partial charge in [-0.2, -0.15) is 0 Å². The summed E-state index contributed by atoms with van der Waals surface area (Å²) in [4.78, 5) is 0. The molecule has 0 unspecified atom stereocenters. The zero-order chi connectivity index (χ0) is 14.4. The van der Waals surface area contributed by atoms with Gasteiger partial charge in [-0.25, -0.2) is 4.39 Å². The number of ether oxygens (including phenoxy) is 2. The van der Waals surface area contributed by atoms with Crippen molar-refractivity contribution in [2.24, 2.45) is 0 Å². The van der Waals surface area contributed by atoms with Crippen LogP contribution in [0.25, 0.3) is 0 Å². The first kappa shape index (κ1) is 14.3. The predicted octanol–water partition coefficient (Wildman–Crippen LogP) is 2.11. The smallest absolute Gasteiger partial charge is 0.169 e. The van der Waals surface area contributed by atoms with E-state index in [4.69, 9.17) is 9.47 Å². The monoisotopic (exact) mass is 276 g/mol. The van der Waals surface area contributed by atoms with E-state index in [1.54, 1.807) is 26.4 Å². The van der Waals surface area contributed by atoms with Crippen molar-refractivity contribution >= 4 is 0 Å². The minimum Gasteiger partial charge on any atom is -0.493 e. The topological polar surface area (TPSA) is 35.1 Å². The van der Waals surface area contributed by atoms with Crippen LogP contribution in [-0.2, 0) is 13.1 Å². The molecule has 106 valence electrons. The van der Waals surface area contributed by atoms with Crippen LogP contribution in [0.5, 0.6) is 11.5 Å². The summed E-state index contributed by atoms with van der Waals surface area (Å²) in [6.45, 7) is 1.57. The maximum Gasteiger partial charge on any atom is 0.169 e. The lowest BCUT2D eigenvalue weighted by atomic mass is 10.1. The number of nitrogens with two attached hydrogens (primary N) is 1. The van der Waals surface area contributed by atoms with Gasteiger partial charge in [-0.05, 0) is 24.3 Å². The number of hydrogen-bond acceptors (Lipinski definition) is 2. The van der Waals surface area contributed by atoms with Gasteiger partial charge in [0.05, 0.1) is 19.8 Å². The summed E-state index contributed by atoms with van der Waals surface area (Å²) in [5, 5.41) is 2.14. The zero-order valence-electron chi connectivity index (χ0n) is 11.7. The first-order valence-corrected chi connectivity index (χ1v) is 6.50. The minimum atomic E-state index is -0.205. The molecule has 20 heavy (non-hydrogen) atoms. The average molecular weight is 276 g/mol. The number of benzene rings is 2. The Morgan fingerprint density at radius 2 is 1.70 bits per heavy atom. The van der Waals surface area contributed by atoms with Crippen molar-refractivity contribution in [1.82, 2.24) is 0 Å². The molecule has 0 aliphatic carbocycles. The Morgan fingerprint density at radius 1 is 0.950 bits per heavy atom. The fourth-order valence-electron chi connectivity index (χ4n) is 2.13. The Labute approximate surface area is 118 Å². The van der Waals surface area contributed by atoms with Gasteiger partial charge in [-0.15, -0.1) is 0 Å².